The van der Waals surface area contributed by atoms with E-state index in [2.05, 4.69) is 19.1 Å². The van der Waals surface area contributed by atoms with Crippen LogP contribution in [-0.2, 0) is 14.4 Å². The summed E-state index contributed by atoms with van der Waals surface area (Å²) in [4.78, 5) is 37.5. The molecule has 3 unspecified atom stereocenters. The number of carbonyl (C=O) groups is 3. The normalized spacial score (nSPS) is 15.6. The molecule has 7 nitrogen and oxygen atoms in total. The van der Waals surface area contributed by atoms with Crippen molar-refractivity contribution in [2.45, 2.75) is 168 Å². The summed E-state index contributed by atoms with van der Waals surface area (Å²) >= 11 is 0. The molecular weight excluding hydrogens is 494 g/mol. The third-order valence-corrected chi connectivity index (χ3v) is 8.08. The Hall–Kier alpha value is -1.89. The summed E-state index contributed by atoms with van der Waals surface area (Å²) in [6, 6.07) is -3.34. The Kier molecular flexibility index (Phi) is 21.8. The highest BCUT2D eigenvalue weighted by Crippen LogP contribution is 2.34. The molecule has 0 aliphatic heterocycles. The largest absolute Gasteiger partial charge is 0.544 e. The summed E-state index contributed by atoms with van der Waals surface area (Å²) in [5.74, 6) is -3.57. The van der Waals surface area contributed by atoms with E-state index in [1.165, 1.54) is 38.5 Å². The maximum atomic E-state index is 12.5. The molecular formula is C32H59NO6. The number of hydrogen-bond acceptors (Lipinski definition) is 4. The molecule has 0 aromatic rings. The van der Waals surface area contributed by atoms with Crippen molar-refractivity contribution in [3.8, 4) is 0 Å². The fourth-order valence-corrected chi connectivity index (χ4v) is 6.09. The maximum absolute atomic E-state index is 12.5. The number of carboxylic acids is 3. The van der Waals surface area contributed by atoms with Gasteiger partial charge in [0.05, 0.1) is 12.5 Å². The van der Waals surface area contributed by atoms with Gasteiger partial charge in [0.25, 0.3) is 0 Å². The molecule has 2 N–H and O–H groups in total. The van der Waals surface area contributed by atoms with E-state index < -0.39 is 40.5 Å². The van der Waals surface area contributed by atoms with Crippen LogP contribution in [0, 0.1) is 0 Å². The standard InChI is InChI=1S/C32H59NO6/c1-5-9-10-11-12-13-14-15-16-17-18-19-20-21-22-26-33(27(23-6-2)30(34)35,28(24-7-3)31(36)37)29(25-8-4)32(38)39/h15-16,27-29H,5-14,17-26H2,1-4H3,(H2-,34,35,36,37,38,39)/b16-15+. The lowest BCUT2D eigenvalue weighted by molar-refractivity contribution is -0.975. The first-order valence-corrected chi connectivity index (χ1v) is 15.9. The fraction of sp³-hybridized carbons (Fsp3) is 0.844. The van der Waals surface area contributed by atoms with Crippen molar-refractivity contribution in [1.82, 2.24) is 0 Å². The van der Waals surface area contributed by atoms with Crippen LogP contribution in [0.2, 0.25) is 0 Å². The number of quaternary nitrogens is 1. The van der Waals surface area contributed by atoms with Crippen molar-refractivity contribution in [2.24, 2.45) is 0 Å². The van der Waals surface area contributed by atoms with Crippen LogP contribution in [-0.4, -0.2) is 57.3 Å². The van der Waals surface area contributed by atoms with Gasteiger partial charge in [0.2, 0.25) is 0 Å². The molecule has 0 aromatic carbocycles. The molecule has 0 aromatic heterocycles. The predicted octanol–water partition coefficient (Wildman–Crippen LogP) is 6.88. The minimum Gasteiger partial charge on any atom is -0.544 e. The lowest BCUT2D eigenvalue weighted by Gasteiger charge is -2.52. The van der Waals surface area contributed by atoms with Gasteiger partial charge in [-0.05, 0) is 51.4 Å². The highest BCUT2D eigenvalue weighted by atomic mass is 16.4. The molecule has 0 saturated heterocycles. The summed E-state index contributed by atoms with van der Waals surface area (Å²) in [5.41, 5.74) is 0. The smallest absolute Gasteiger partial charge is 0.362 e. The molecule has 3 atom stereocenters. The van der Waals surface area contributed by atoms with E-state index in [0.29, 0.717) is 25.7 Å². The van der Waals surface area contributed by atoms with Crippen LogP contribution in [0.5, 0.6) is 0 Å². The first-order chi connectivity index (χ1) is 18.7. The quantitative estimate of drug-likeness (QED) is 0.0651. The molecule has 228 valence electrons. The van der Waals surface area contributed by atoms with Crippen LogP contribution in [0.15, 0.2) is 12.2 Å². The Morgan fingerprint density at radius 3 is 1.36 bits per heavy atom. The second kappa shape index (κ2) is 22.9. The Bertz CT molecular complexity index is 632. The zero-order chi connectivity index (χ0) is 29.5. The molecule has 0 radical (unpaired) electrons. The van der Waals surface area contributed by atoms with Gasteiger partial charge in [-0.1, -0.05) is 91.2 Å². The maximum Gasteiger partial charge on any atom is 0.362 e. The van der Waals surface area contributed by atoms with Gasteiger partial charge in [0.1, 0.15) is 6.04 Å². The molecule has 0 aliphatic rings. The van der Waals surface area contributed by atoms with Gasteiger partial charge >= 0.3 is 11.9 Å². The van der Waals surface area contributed by atoms with Gasteiger partial charge < -0.3 is 20.1 Å². The van der Waals surface area contributed by atoms with E-state index >= 15 is 0 Å². The number of rotatable bonds is 27. The van der Waals surface area contributed by atoms with E-state index in [1.807, 2.05) is 20.8 Å². The van der Waals surface area contributed by atoms with Crippen molar-refractivity contribution in [3.63, 3.8) is 0 Å². The number of nitrogens with zero attached hydrogens (tertiary/aromatic N) is 1. The molecule has 0 aliphatic carbocycles. The molecule has 0 rings (SSSR count). The fourth-order valence-electron chi connectivity index (χ4n) is 6.09. The number of unbranched alkanes of at least 4 members (excludes halogenated alkanes) is 11. The van der Waals surface area contributed by atoms with E-state index in [0.717, 1.165) is 38.5 Å². The number of allylic oxidation sites excluding steroid dienone is 2. The van der Waals surface area contributed by atoms with E-state index in [9.17, 15) is 29.7 Å². The monoisotopic (exact) mass is 553 g/mol. The van der Waals surface area contributed by atoms with Crippen LogP contribution in [0.1, 0.15) is 150 Å². The second-order valence-electron chi connectivity index (χ2n) is 11.2. The van der Waals surface area contributed by atoms with Gasteiger partial charge in [-0.25, -0.2) is 9.59 Å². The number of aliphatic carboxylic acids is 3. The Morgan fingerprint density at radius 2 is 0.974 bits per heavy atom. The predicted molar refractivity (Wildman–Crippen MR) is 156 cm³/mol. The lowest BCUT2D eigenvalue weighted by atomic mass is 9.91. The first-order valence-electron chi connectivity index (χ1n) is 15.9. The third-order valence-electron chi connectivity index (χ3n) is 8.08. The average Bonchev–Trinajstić information content (AvgIpc) is 2.89. The van der Waals surface area contributed by atoms with Crippen molar-refractivity contribution < 1.29 is 34.2 Å². The van der Waals surface area contributed by atoms with Crippen LogP contribution < -0.4 is 5.11 Å². The minimum atomic E-state index is -1.34. The van der Waals surface area contributed by atoms with Gasteiger partial charge in [0, 0.05) is 19.3 Å². The topological polar surface area (TPSA) is 115 Å². The summed E-state index contributed by atoms with van der Waals surface area (Å²) in [6.45, 7) is 8.02. The van der Waals surface area contributed by atoms with Crippen LogP contribution in [0.25, 0.3) is 0 Å². The Labute approximate surface area is 238 Å². The minimum absolute atomic E-state index is 0.203. The molecule has 0 heterocycles. The summed E-state index contributed by atoms with van der Waals surface area (Å²) in [6.07, 6.45) is 21.4. The number of hydrogen-bond donors (Lipinski definition) is 2. The average molecular weight is 554 g/mol. The molecule has 0 saturated carbocycles. The van der Waals surface area contributed by atoms with Gasteiger partial charge in [-0.3, -0.25) is 4.48 Å². The SMILES string of the molecule is CCCCCCCC/C=C/CCCCCCC[N+](C(CCC)C(=O)[O-])(C(CCC)C(=O)O)C(CCC)C(=O)O. The van der Waals surface area contributed by atoms with E-state index in [1.54, 1.807) is 0 Å². The lowest BCUT2D eigenvalue weighted by Crippen LogP contribution is -2.74. The van der Waals surface area contributed by atoms with Crippen LogP contribution in [0.4, 0.5) is 0 Å². The van der Waals surface area contributed by atoms with Crippen LogP contribution in [0.3, 0.4) is 0 Å². The summed E-state index contributed by atoms with van der Waals surface area (Å²) in [7, 11) is 0. The van der Waals surface area contributed by atoms with Crippen molar-refractivity contribution in [2.75, 3.05) is 6.54 Å². The molecule has 0 bridgehead atoms. The Morgan fingerprint density at radius 1 is 0.590 bits per heavy atom. The number of carbonyl (C=O) groups excluding carboxylic acids is 1. The first kappa shape index (κ1) is 37.1. The molecule has 39 heavy (non-hydrogen) atoms. The highest BCUT2D eigenvalue weighted by molar-refractivity contribution is 5.77. The molecule has 0 amide bonds. The third kappa shape index (κ3) is 13.8. The van der Waals surface area contributed by atoms with Gasteiger partial charge in [-0.2, -0.15) is 0 Å². The summed E-state index contributed by atoms with van der Waals surface area (Å²) in [5, 5.41) is 32.9. The van der Waals surface area contributed by atoms with Gasteiger partial charge in [0.15, 0.2) is 12.1 Å². The zero-order valence-corrected chi connectivity index (χ0v) is 25.5. The second-order valence-corrected chi connectivity index (χ2v) is 11.2. The Balaban J connectivity index is 5.26. The van der Waals surface area contributed by atoms with Crippen molar-refractivity contribution >= 4 is 17.9 Å². The van der Waals surface area contributed by atoms with E-state index in [-0.39, 0.29) is 25.8 Å². The zero-order valence-electron chi connectivity index (χ0n) is 25.5. The van der Waals surface area contributed by atoms with Crippen molar-refractivity contribution in [1.29, 1.82) is 0 Å². The van der Waals surface area contributed by atoms with Gasteiger partial charge in [-0.15, -0.1) is 0 Å². The number of carboxylic acid groups (broad SMARTS) is 3. The van der Waals surface area contributed by atoms with Crippen molar-refractivity contribution in [3.05, 3.63) is 12.2 Å². The van der Waals surface area contributed by atoms with Crippen LogP contribution >= 0.6 is 0 Å². The van der Waals surface area contributed by atoms with E-state index in [4.69, 9.17) is 0 Å². The molecule has 0 spiro atoms. The highest BCUT2D eigenvalue weighted by Gasteiger charge is 2.54. The molecule has 7 heteroatoms. The summed E-state index contributed by atoms with van der Waals surface area (Å²) < 4.78 is -0.441. The molecule has 0 fully saturated rings.